The first-order valence-electron chi connectivity index (χ1n) is 11.3. The van der Waals surface area contributed by atoms with Crippen LogP contribution in [0.25, 0.3) is 28.1 Å². The molecule has 2 unspecified atom stereocenters. The third-order valence-electron chi connectivity index (χ3n) is 5.93. The maximum absolute atomic E-state index is 13.2. The molecule has 1 aromatic carbocycles. The molecule has 5 rings (SSSR count). The third kappa shape index (κ3) is 5.69. The number of carbonyl (C=O) groups is 1. The monoisotopic (exact) mass is 498 g/mol. The van der Waals surface area contributed by atoms with Gasteiger partial charge in [0.2, 0.25) is 5.95 Å². The van der Waals surface area contributed by atoms with Crippen molar-refractivity contribution >= 4 is 17.3 Å². The van der Waals surface area contributed by atoms with Crippen molar-refractivity contribution in [2.45, 2.75) is 38.0 Å². The number of nitrogens with zero attached hydrogens (tertiary/aromatic N) is 4. The highest BCUT2D eigenvalue weighted by molar-refractivity contribution is 5.96. The summed E-state index contributed by atoms with van der Waals surface area (Å²) in [4.78, 5) is 23.4. The highest BCUT2D eigenvalue weighted by Crippen LogP contribution is 2.33. The van der Waals surface area contributed by atoms with Gasteiger partial charge >= 0.3 is 6.61 Å². The van der Waals surface area contributed by atoms with Crippen molar-refractivity contribution in [3.05, 3.63) is 66.5 Å². The van der Waals surface area contributed by atoms with E-state index in [0.29, 0.717) is 46.1 Å². The highest BCUT2D eigenvalue weighted by atomic mass is 19.3. The maximum atomic E-state index is 13.2. The van der Waals surface area contributed by atoms with Crippen LogP contribution in [0.3, 0.4) is 0 Å². The van der Waals surface area contributed by atoms with E-state index >= 15 is 0 Å². The van der Waals surface area contributed by atoms with Gasteiger partial charge in [0.15, 0.2) is 12.1 Å². The van der Waals surface area contributed by atoms with E-state index in [-0.39, 0.29) is 11.7 Å². The molecule has 11 heteroatoms. The summed E-state index contributed by atoms with van der Waals surface area (Å²) in [6, 6.07) is 8.74. The normalized spacial score (nSPS) is 17.2. The van der Waals surface area contributed by atoms with Crippen LogP contribution in [0.2, 0.25) is 0 Å². The molecule has 1 aliphatic rings. The Morgan fingerprint density at radius 3 is 2.56 bits per heavy atom. The predicted molar refractivity (Wildman–Crippen MR) is 129 cm³/mol. The van der Waals surface area contributed by atoms with E-state index in [0.717, 1.165) is 12.4 Å². The lowest BCUT2D eigenvalue weighted by Gasteiger charge is -2.12. The Hall–Kier alpha value is -3.83. The second kappa shape index (κ2) is 11.3. The van der Waals surface area contributed by atoms with Gasteiger partial charge in [0.25, 0.3) is 0 Å². The van der Waals surface area contributed by atoms with E-state index in [9.17, 15) is 18.0 Å². The number of alkyl halides is 2. The van der Waals surface area contributed by atoms with Gasteiger partial charge in [0, 0.05) is 35.6 Å². The highest BCUT2D eigenvalue weighted by Gasteiger charge is 2.21. The number of hydrogen-bond donors (Lipinski definition) is 2. The molecule has 0 bridgehead atoms. The van der Waals surface area contributed by atoms with Gasteiger partial charge in [0.05, 0.1) is 23.4 Å². The minimum Gasteiger partial charge on any atom is -0.435 e. The average Bonchev–Trinajstić information content (AvgIpc) is 3.47. The van der Waals surface area contributed by atoms with E-state index < -0.39 is 12.4 Å². The minimum atomic E-state index is -2.95. The summed E-state index contributed by atoms with van der Waals surface area (Å²) < 4.78 is 44.2. The van der Waals surface area contributed by atoms with Crippen molar-refractivity contribution in [2.24, 2.45) is 5.73 Å². The first-order chi connectivity index (χ1) is 17.4. The fraction of sp³-hybridized carbons (Fsp3) is 0.280. The molecule has 3 N–H and O–H groups in total. The predicted octanol–water partition coefficient (Wildman–Crippen LogP) is 4.12. The molecule has 3 aromatic heterocycles. The number of nitrogens with one attached hydrogen (secondary N) is 1. The van der Waals surface area contributed by atoms with E-state index in [1.807, 2.05) is 7.05 Å². The Morgan fingerprint density at radius 1 is 1.17 bits per heavy atom. The molecule has 0 radical (unpaired) electrons. The van der Waals surface area contributed by atoms with Crippen LogP contribution >= 0.6 is 0 Å². The topological polar surface area (TPSA) is 108 Å². The minimum absolute atomic E-state index is 0.00376. The molecule has 8 nitrogen and oxygen atoms in total. The SMILES string of the molecule is CNC1CCCC1N.O=Cc1cnc2c(-c3cccc(OC(F)F)c3)cn(-c3ncc(F)cn3)c2c1. The van der Waals surface area contributed by atoms with Crippen molar-refractivity contribution in [3.8, 4) is 22.8 Å². The molecule has 188 valence electrons. The molecular formula is C25H25F3N6O2. The Morgan fingerprint density at radius 2 is 1.94 bits per heavy atom. The number of hydrogen-bond acceptors (Lipinski definition) is 7. The number of aromatic nitrogens is 4. The maximum Gasteiger partial charge on any atom is 0.387 e. The molecule has 1 saturated carbocycles. The summed E-state index contributed by atoms with van der Waals surface area (Å²) >= 11 is 0. The Labute approximate surface area is 205 Å². The van der Waals surface area contributed by atoms with Gasteiger partial charge in [-0.05, 0) is 43.7 Å². The lowest BCUT2D eigenvalue weighted by molar-refractivity contribution is -0.0498. The average molecular weight is 499 g/mol. The summed E-state index contributed by atoms with van der Waals surface area (Å²) in [7, 11) is 1.98. The van der Waals surface area contributed by atoms with E-state index in [1.165, 1.54) is 37.6 Å². The molecule has 0 aliphatic heterocycles. The van der Waals surface area contributed by atoms with Crippen LogP contribution < -0.4 is 15.8 Å². The quantitative estimate of drug-likeness (QED) is 0.385. The van der Waals surface area contributed by atoms with Gasteiger partial charge in [-0.3, -0.25) is 14.3 Å². The van der Waals surface area contributed by atoms with E-state index in [4.69, 9.17) is 5.73 Å². The first-order valence-corrected chi connectivity index (χ1v) is 11.3. The Bertz CT molecular complexity index is 1330. The smallest absolute Gasteiger partial charge is 0.387 e. The zero-order valence-electron chi connectivity index (χ0n) is 19.4. The van der Waals surface area contributed by atoms with Crippen LogP contribution in [0.15, 0.2) is 55.1 Å². The van der Waals surface area contributed by atoms with Crippen LogP contribution in [0.1, 0.15) is 29.6 Å². The molecule has 0 saturated heterocycles. The van der Waals surface area contributed by atoms with Crippen molar-refractivity contribution in [1.82, 2.24) is 24.8 Å². The fourth-order valence-electron chi connectivity index (χ4n) is 4.18. The van der Waals surface area contributed by atoms with Gasteiger partial charge in [-0.2, -0.15) is 8.78 Å². The summed E-state index contributed by atoms with van der Waals surface area (Å²) in [6.07, 6.45) is 9.47. The number of pyridine rings is 1. The number of halogens is 3. The number of rotatable bonds is 6. The molecule has 1 fully saturated rings. The largest absolute Gasteiger partial charge is 0.435 e. The van der Waals surface area contributed by atoms with Gasteiger partial charge in [-0.15, -0.1) is 0 Å². The number of nitrogens with two attached hydrogens (primary N) is 1. The number of carbonyl (C=O) groups excluding carboxylic acids is 1. The zero-order chi connectivity index (χ0) is 25.7. The van der Waals surface area contributed by atoms with Crippen molar-refractivity contribution in [3.63, 3.8) is 0 Å². The van der Waals surface area contributed by atoms with Crippen LogP contribution in [-0.4, -0.2) is 51.5 Å². The van der Waals surface area contributed by atoms with Gasteiger partial charge < -0.3 is 15.8 Å². The molecule has 2 atom stereocenters. The van der Waals surface area contributed by atoms with E-state index in [1.54, 1.807) is 29.0 Å². The molecule has 0 spiro atoms. The lowest BCUT2D eigenvalue weighted by Crippen LogP contribution is -2.38. The van der Waals surface area contributed by atoms with Crippen molar-refractivity contribution in [1.29, 1.82) is 0 Å². The van der Waals surface area contributed by atoms with Gasteiger partial charge in [-0.25, -0.2) is 14.4 Å². The fourth-order valence-corrected chi connectivity index (χ4v) is 4.18. The summed E-state index contributed by atoms with van der Waals surface area (Å²) in [5.41, 5.74) is 8.20. The second-order valence-corrected chi connectivity index (χ2v) is 8.26. The molecule has 3 heterocycles. The van der Waals surface area contributed by atoms with Gasteiger partial charge in [0.1, 0.15) is 5.75 Å². The summed E-state index contributed by atoms with van der Waals surface area (Å²) in [5, 5.41) is 3.19. The summed E-state index contributed by atoms with van der Waals surface area (Å²) in [5.74, 6) is -0.428. The number of fused-ring (bicyclic) bond motifs is 1. The van der Waals surface area contributed by atoms with Crippen LogP contribution in [0.5, 0.6) is 5.75 Å². The zero-order valence-corrected chi connectivity index (χ0v) is 19.4. The van der Waals surface area contributed by atoms with Crippen molar-refractivity contribution in [2.75, 3.05) is 7.05 Å². The molecular weight excluding hydrogens is 473 g/mol. The number of ether oxygens (including phenoxy) is 1. The number of benzene rings is 1. The van der Waals surface area contributed by atoms with E-state index in [2.05, 4.69) is 25.0 Å². The standard InChI is InChI=1S/C19H11F3N4O2.C6H14N2/c20-13-7-24-19(25-8-13)26-9-15(17-16(26)4-11(10-27)6-23-17)12-2-1-3-14(5-12)28-18(21)22;1-8-6-4-2-3-5(6)7/h1-10,18H;5-6,8H,2-4,7H2,1H3. The summed E-state index contributed by atoms with van der Waals surface area (Å²) in [6.45, 7) is -2.95. The van der Waals surface area contributed by atoms with Crippen molar-refractivity contribution < 1.29 is 22.7 Å². The van der Waals surface area contributed by atoms with Crippen LogP contribution in [0.4, 0.5) is 13.2 Å². The number of likely N-dealkylation sites (N-methyl/N-ethyl adjacent to an activating group) is 1. The second-order valence-electron chi connectivity index (χ2n) is 8.26. The third-order valence-corrected chi connectivity index (χ3v) is 5.93. The Balaban J connectivity index is 0.000000325. The Kier molecular flexibility index (Phi) is 7.91. The molecule has 1 aliphatic carbocycles. The molecule has 4 aromatic rings. The molecule has 0 amide bonds. The molecule has 36 heavy (non-hydrogen) atoms. The van der Waals surface area contributed by atoms with Gasteiger partial charge in [-0.1, -0.05) is 18.6 Å². The lowest BCUT2D eigenvalue weighted by atomic mass is 10.1. The number of aldehydes is 1. The van der Waals surface area contributed by atoms with Crippen LogP contribution in [-0.2, 0) is 0 Å². The van der Waals surface area contributed by atoms with Crippen LogP contribution in [0, 0.1) is 5.82 Å². The first kappa shape index (κ1) is 25.3.